The minimum Gasteiger partial charge on any atom is -0.465 e. The van der Waals surface area contributed by atoms with Crippen molar-refractivity contribution in [3.63, 3.8) is 0 Å². The van der Waals surface area contributed by atoms with Crippen molar-refractivity contribution < 1.29 is 9.84 Å². The van der Waals surface area contributed by atoms with Crippen LogP contribution in [0.2, 0.25) is 15.1 Å². The number of benzene rings is 1. The van der Waals surface area contributed by atoms with E-state index in [9.17, 15) is 0 Å². The summed E-state index contributed by atoms with van der Waals surface area (Å²) in [4.78, 5) is 0. The predicted octanol–water partition coefficient (Wildman–Crippen LogP) is 2.98. The molecule has 0 aliphatic heterocycles. The third kappa shape index (κ3) is 2.17. The number of ether oxygens (including phenoxy) is 1. The first kappa shape index (κ1) is 9.93. The summed E-state index contributed by atoms with van der Waals surface area (Å²) < 4.78 is 4.76. The van der Waals surface area contributed by atoms with Crippen molar-refractivity contribution in [3.05, 3.63) is 27.2 Å². The second-order valence-corrected chi connectivity index (χ2v) is 3.22. The molecule has 1 N–H and O–H groups in total. The number of hydrogen-bond acceptors (Lipinski definition) is 2. The van der Waals surface area contributed by atoms with E-state index in [0.717, 1.165) is 0 Å². The van der Waals surface area contributed by atoms with Gasteiger partial charge in [0.05, 0.1) is 10.0 Å². The molecule has 0 amide bonds. The van der Waals surface area contributed by atoms with Crippen LogP contribution in [-0.4, -0.2) is 11.9 Å². The van der Waals surface area contributed by atoms with Crippen LogP contribution in [0.4, 0.5) is 0 Å². The standard InChI is InChI=1S/C7H5Cl3O2/c8-4-1-5(9)7(12-3-11)6(10)2-4/h1-2,11H,3H2. The Morgan fingerprint density at radius 2 is 1.67 bits per heavy atom. The lowest BCUT2D eigenvalue weighted by atomic mass is 10.3. The molecule has 1 aromatic rings. The Balaban J connectivity index is 3.10. The van der Waals surface area contributed by atoms with Gasteiger partial charge in [0.1, 0.15) is 0 Å². The molecule has 0 saturated carbocycles. The maximum atomic E-state index is 8.47. The molecular weight excluding hydrogens is 222 g/mol. The van der Waals surface area contributed by atoms with Crippen molar-refractivity contribution >= 4 is 34.8 Å². The summed E-state index contributed by atoms with van der Waals surface area (Å²) in [5, 5.41) is 9.45. The van der Waals surface area contributed by atoms with Crippen LogP contribution >= 0.6 is 34.8 Å². The first-order valence-electron chi connectivity index (χ1n) is 3.03. The lowest BCUT2D eigenvalue weighted by Crippen LogP contribution is -1.95. The van der Waals surface area contributed by atoms with Gasteiger partial charge < -0.3 is 9.84 Å². The smallest absolute Gasteiger partial charge is 0.186 e. The Labute approximate surface area is 84.6 Å². The van der Waals surface area contributed by atoms with Crippen LogP contribution in [0.25, 0.3) is 0 Å². The minimum absolute atomic E-state index is 0.241. The molecule has 66 valence electrons. The number of hydrogen-bond donors (Lipinski definition) is 1. The van der Waals surface area contributed by atoms with E-state index in [-0.39, 0.29) is 15.8 Å². The highest BCUT2D eigenvalue weighted by atomic mass is 35.5. The molecule has 0 aliphatic carbocycles. The molecule has 0 atom stereocenters. The van der Waals surface area contributed by atoms with Gasteiger partial charge in [-0.15, -0.1) is 0 Å². The van der Waals surface area contributed by atoms with Gasteiger partial charge in [0.2, 0.25) is 0 Å². The number of aliphatic hydroxyl groups excluding tert-OH is 1. The molecular formula is C7H5Cl3O2. The first-order valence-corrected chi connectivity index (χ1v) is 4.16. The average molecular weight is 227 g/mol. The Kier molecular flexibility index (Phi) is 3.47. The molecule has 0 aliphatic rings. The van der Waals surface area contributed by atoms with E-state index in [1.165, 1.54) is 12.1 Å². The Morgan fingerprint density at radius 1 is 1.17 bits per heavy atom. The molecule has 0 unspecified atom stereocenters. The summed E-state index contributed by atoms with van der Waals surface area (Å²) >= 11 is 17.1. The number of halogens is 3. The first-order chi connectivity index (χ1) is 5.65. The normalized spacial score (nSPS) is 10.0. The van der Waals surface area contributed by atoms with E-state index >= 15 is 0 Å². The monoisotopic (exact) mass is 226 g/mol. The molecule has 0 bridgehead atoms. The minimum atomic E-state index is -0.471. The molecule has 0 radical (unpaired) electrons. The van der Waals surface area contributed by atoms with E-state index in [2.05, 4.69) is 0 Å². The van der Waals surface area contributed by atoms with E-state index in [0.29, 0.717) is 5.02 Å². The lowest BCUT2D eigenvalue weighted by Gasteiger charge is -2.06. The Bertz CT molecular complexity index is 265. The quantitative estimate of drug-likeness (QED) is 0.787. The summed E-state index contributed by atoms with van der Waals surface area (Å²) in [5.41, 5.74) is 0. The van der Waals surface area contributed by atoms with Crippen molar-refractivity contribution in [2.75, 3.05) is 6.79 Å². The average Bonchev–Trinajstić information content (AvgIpc) is 1.96. The van der Waals surface area contributed by atoms with Gasteiger partial charge in [0.25, 0.3) is 0 Å². The second-order valence-electron chi connectivity index (χ2n) is 1.97. The molecule has 1 aromatic carbocycles. The molecule has 12 heavy (non-hydrogen) atoms. The van der Waals surface area contributed by atoms with Crippen LogP contribution < -0.4 is 4.74 Å². The third-order valence-electron chi connectivity index (χ3n) is 1.17. The van der Waals surface area contributed by atoms with Gasteiger partial charge in [0, 0.05) is 5.02 Å². The highest BCUT2D eigenvalue weighted by Crippen LogP contribution is 2.35. The van der Waals surface area contributed by atoms with Crippen molar-refractivity contribution in [1.82, 2.24) is 0 Å². The van der Waals surface area contributed by atoms with Gasteiger partial charge >= 0.3 is 0 Å². The molecule has 5 heteroatoms. The van der Waals surface area contributed by atoms with Gasteiger partial charge in [-0.1, -0.05) is 34.8 Å². The summed E-state index contributed by atoms with van der Waals surface area (Å²) in [5.74, 6) is 0.241. The Morgan fingerprint density at radius 3 is 2.08 bits per heavy atom. The SMILES string of the molecule is OCOc1c(Cl)cc(Cl)cc1Cl. The van der Waals surface area contributed by atoms with Crippen molar-refractivity contribution in [1.29, 1.82) is 0 Å². The van der Waals surface area contributed by atoms with Crippen LogP contribution in [0.5, 0.6) is 5.75 Å². The third-order valence-corrected chi connectivity index (χ3v) is 1.95. The second kappa shape index (κ2) is 4.19. The maximum Gasteiger partial charge on any atom is 0.186 e. The van der Waals surface area contributed by atoms with E-state index in [4.69, 9.17) is 44.6 Å². The molecule has 1 rings (SSSR count). The largest absolute Gasteiger partial charge is 0.465 e. The molecule has 0 saturated heterocycles. The van der Waals surface area contributed by atoms with Crippen molar-refractivity contribution in [3.8, 4) is 5.75 Å². The lowest BCUT2D eigenvalue weighted by molar-refractivity contribution is 0.0987. The van der Waals surface area contributed by atoms with Gasteiger partial charge in [-0.3, -0.25) is 0 Å². The van der Waals surface area contributed by atoms with Gasteiger partial charge in [-0.05, 0) is 12.1 Å². The summed E-state index contributed by atoms with van der Waals surface area (Å²) in [6, 6.07) is 2.97. The fourth-order valence-electron chi connectivity index (χ4n) is 0.731. The van der Waals surface area contributed by atoms with Gasteiger partial charge in [0.15, 0.2) is 12.5 Å². The summed E-state index contributed by atoms with van der Waals surface area (Å²) in [6.45, 7) is -0.471. The Hall–Kier alpha value is -0.150. The number of aliphatic hydroxyl groups is 1. The molecule has 0 heterocycles. The summed E-state index contributed by atoms with van der Waals surface area (Å²) in [6.07, 6.45) is 0. The van der Waals surface area contributed by atoms with E-state index in [1.807, 2.05) is 0 Å². The highest BCUT2D eigenvalue weighted by Gasteiger charge is 2.07. The summed E-state index contributed by atoms with van der Waals surface area (Å²) in [7, 11) is 0. The maximum absolute atomic E-state index is 8.47. The fraction of sp³-hybridized carbons (Fsp3) is 0.143. The molecule has 2 nitrogen and oxygen atoms in total. The van der Waals surface area contributed by atoms with Crippen LogP contribution in [0.15, 0.2) is 12.1 Å². The zero-order valence-corrected chi connectivity index (χ0v) is 8.12. The van der Waals surface area contributed by atoms with Crippen LogP contribution in [0, 0.1) is 0 Å². The molecule has 0 spiro atoms. The van der Waals surface area contributed by atoms with Crippen LogP contribution in [0.1, 0.15) is 0 Å². The van der Waals surface area contributed by atoms with Gasteiger partial charge in [-0.25, -0.2) is 0 Å². The fourth-order valence-corrected chi connectivity index (χ4v) is 1.66. The van der Waals surface area contributed by atoms with Gasteiger partial charge in [-0.2, -0.15) is 0 Å². The van der Waals surface area contributed by atoms with Crippen LogP contribution in [0.3, 0.4) is 0 Å². The highest BCUT2D eigenvalue weighted by molar-refractivity contribution is 6.40. The van der Waals surface area contributed by atoms with Crippen LogP contribution in [-0.2, 0) is 0 Å². The number of rotatable bonds is 2. The van der Waals surface area contributed by atoms with E-state index in [1.54, 1.807) is 0 Å². The molecule has 0 aromatic heterocycles. The topological polar surface area (TPSA) is 29.5 Å². The van der Waals surface area contributed by atoms with Crippen molar-refractivity contribution in [2.45, 2.75) is 0 Å². The predicted molar refractivity (Wildman–Crippen MR) is 49.2 cm³/mol. The zero-order valence-electron chi connectivity index (χ0n) is 5.85. The zero-order chi connectivity index (χ0) is 9.14. The van der Waals surface area contributed by atoms with Crippen molar-refractivity contribution in [2.24, 2.45) is 0 Å². The van der Waals surface area contributed by atoms with E-state index < -0.39 is 6.79 Å². The molecule has 0 fully saturated rings.